The number of ether oxygens (including phenoxy) is 10. The normalized spacial score (nSPS) is 13.0. The van der Waals surface area contributed by atoms with E-state index in [1.165, 1.54) is 257 Å². The first-order valence-corrected chi connectivity index (χ1v) is 59.1. The maximum atomic E-state index is 13.0. The molecule has 0 radical (unpaired) electrons. The highest BCUT2D eigenvalue weighted by Gasteiger charge is 2.21. The number of hydrogen-bond acceptors (Lipinski definition) is 18. The summed E-state index contributed by atoms with van der Waals surface area (Å²) >= 11 is 0. The average Bonchev–Trinajstić information content (AvgIpc) is 0.971. The molecule has 18 nitrogen and oxygen atoms in total. The topological polar surface area (TPSA) is 235 Å². The fourth-order valence-corrected chi connectivity index (χ4v) is 18.5. The van der Waals surface area contributed by atoms with Crippen LogP contribution in [0, 0.1) is 0 Å². The fraction of sp³-hybridized carbons (Fsp3) is 0.949. The van der Waals surface area contributed by atoms with Crippen LogP contribution in [0.5, 0.6) is 0 Å². The van der Waals surface area contributed by atoms with Crippen LogP contribution in [0.3, 0.4) is 0 Å². The van der Waals surface area contributed by atoms with Crippen LogP contribution in [0.1, 0.15) is 619 Å². The summed E-state index contributed by atoms with van der Waals surface area (Å²) in [5.41, 5.74) is 0. The number of unbranched alkanes of at least 4 members (excludes halogenated alkanes) is 60. The molecule has 6 unspecified atom stereocenters. The standard InChI is InChI=1S/C117H224O18/c1-7-13-19-61-79-106(118)81-63-49-37-25-31-45-57-75-93-114(122)132-110(85-67-23-17-11-5)89-71-53-41-29-35-47-59-77-95-116(124)134-108(83-65-21-15-9-3)87-69-51-39-27-33-43-55-73-91-112(120)130-103-101-126-97-99-128-105-129-100-98-127-102-104-131-113(121)92-74-56-44-34-28-40-52-70-88-109(84-66-22-16-10-4)135-117(125)96-78-60-48-36-30-42-54-72-90-111(86-68-24-18-12-6)133-115(123)94-76-58-46-32-26-38-50-64-82-107(119)80-62-20-14-8-2/h106-111,118-119H,7-105H2,1-6H3. The minimum Gasteiger partial charge on any atom is -0.463 e. The predicted molar refractivity (Wildman–Crippen MR) is 561 cm³/mol. The van der Waals surface area contributed by atoms with Gasteiger partial charge < -0.3 is 57.6 Å². The lowest BCUT2D eigenvalue weighted by atomic mass is 10.0. The van der Waals surface area contributed by atoms with Crippen LogP contribution in [0.25, 0.3) is 0 Å². The number of carbonyl (C=O) groups excluding carboxylic acids is 6. The summed E-state index contributed by atoms with van der Waals surface area (Å²) in [6.07, 6.45) is 97.7. The van der Waals surface area contributed by atoms with Crippen LogP contribution < -0.4 is 0 Å². The molecule has 0 aliphatic heterocycles. The van der Waals surface area contributed by atoms with Gasteiger partial charge in [-0.05, 0) is 167 Å². The van der Waals surface area contributed by atoms with Crippen molar-refractivity contribution >= 4 is 35.8 Å². The van der Waals surface area contributed by atoms with E-state index in [-0.39, 0.29) is 92.4 Å². The van der Waals surface area contributed by atoms with Crippen molar-refractivity contribution in [3.05, 3.63) is 0 Å². The fourth-order valence-electron chi connectivity index (χ4n) is 18.5. The van der Waals surface area contributed by atoms with Gasteiger partial charge in [0.1, 0.15) is 44.4 Å². The van der Waals surface area contributed by atoms with Crippen molar-refractivity contribution in [1.29, 1.82) is 0 Å². The van der Waals surface area contributed by atoms with E-state index < -0.39 is 0 Å². The summed E-state index contributed by atoms with van der Waals surface area (Å²) < 4.78 is 57.3. The van der Waals surface area contributed by atoms with Crippen molar-refractivity contribution in [2.45, 2.75) is 656 Å². The van der Waals surface area contributed by atoms with Gasteiger partial charge >= 0.3 is 35.8 Å². The van der Waals surface area contributed by atoms with E-state index in [1.54, 1.807) is 0 Å². The van der Waals surface area contributed by atoms with Gasteiger partial charge in [-0.25, -0.2) is 0 Å². The van der Waals surface area contributed by atoms with E-state index in [4.69, 9.17) is 47.4 Å². The highest BCUT2D eigenvalue weighted by Crippen LogP contribution is 2.27. The van der Waals surface area contributed by atoms with Gasteiger partial charge in [0.25, 0.3) is 0 Å². The highest BCUT2D eigenvalue weighted by atomic mass is 16.7. The Bertz CT molecular complexity index is 2290. The van der Waals surface area contributed by atoms with Crippen molar-refractivity contribution in [3.8, 4) is 0 Å². The third-order valence-electron chi connectivity index (χ3n) is 27.3. The first-order valence-electron chi connectivity index (χ1n) is 59.1. The Hall–Kier alpha value is -3.42. The average molecular weight is 1920 g/mol. The molecule has 0 aliphatic rings. The highest BCUT2D eigenvalue weighted by molar-refractivity contribution is 5.71. The van der Waals surface area contributed by atoms with Gasteiger partial charge in [0.2, 0.25) is 0 Å². The van der Waals surface area contributed by atoms with Gasteiger partial charge in [0.05, 0.1) is 51.8 Å². The molecule has 0 amide bonds. The Morgan fingerprint density at radius 1 is 0.163 bits per heavy atom. The molecular formula is C117H224O18. The zero-order valence-corrected chi connectivity index (χ0v) is 89.9. The molecule has 0 spiro atoms. The van der Waals surface area contributed by atoms with Crippen LogP contribution in [-0.4, -0.2) is 142 Å². The molecule has 0 bridgehead atoms. The molecule has 0 aliphatic carbocycles. The second kappa shape index (κ2) is 109. The van der Waals surface area contributed by atoms with Crippen LogP contribution in [0.15, 0.2) is 0 Å². The summed E-state index contributed by atoms with van der Waals surface area (Å²) in [5.74, 6) is -0.414. The van der Waals surface area contributed by atoms with E-state index in [2.05, 4.69) is 41.5 Å². The first kappa shape index (κ1) is 132. The number of aliphatic hydroxyl groups excluding tert-OH is 2. The lowest BCUT2D eigenvalue weighted by Gasteiger charge is -2.18. The Morgan fingerprint density at radius 3 is 0.489 bits per heavy atom. The van der Waals surface area contributed by atoms with Crippen LogP contribution in [0.2, 0.25) is 0 Å². The summed E-state index contributed by atoms with van der Waals surface area (Å²) in [6, 6.07) is 0. The molecule has 0 saturated carbocycles. The van der Waals surface area contributed by atoms with Gasteiger partial charge in [-0.3, -0.25) is 28.8 Å². The minimum atomic E-state index is -0.183. The molecule has 18 heteroatoms. The molecule has 0 saturated heterocycles. The van der Waals surface area contributed by atoms with Gasteiger partial charge in [-0.15, -0.1) is 0 Å². The number of hydrogen-bond donors (Lipinski definition) is 2. The van der Waals surface area contributed by atoms with Crippen molar-refractivity contribution in [2.24, 2.45) is 0 Å². The van der Waals surface area contributed by atoms with E-state index in [0.717, 1.165) is 283 Å². The molecule has 0 fully saturated rings. The second-order valence-electron chi connectivity index (χ2n) is 40.7. The minimum absolute atomic E-state index is 0.00214. The van der Waals surface area contributed by atoms with Crippen LogP contribution >= 0.6 is 0 Å². The molecule has 0 aromatic rings. The van der Waals surface area contributed by atoms with E-state index in [9.17, 15) is 39.0 Å². The monoisotopic (exact) mass is 1920 g/mol. The summed E-state index contributed by atoms with van der Waals surface area (Å²) in [6.45, 7) is 16.1. The number of aliphatic hydroxyl groups is 2. The second-order valence-corrected chi connectivity index (χ2v) is 40.7. The van der Waals surface area contributed by atoms with Crippen molar-refractivity contribution in [3.63, 3.8) is 0 Å². The maximum absolute atomic E-state index is 13.0. The molecule has 0 rings (SSSR count). The predicted octanol–water partition coefficient (Wildman–Crippen LogP) is 33.7. The van der Waals surface area contributed by atoms with E-state index in [0.29, 0.717) is 78.2 Å². The maximum Gasteiger partial charge on any atom is 0.306 e. The van der Waals surface area contributed by atoms with Crippen LogP contribution in [-0.2, 0) is 76.1 Å². The Morgan fingerprint density at radius 2 is 0.304 bits per heavy atom. The lowest BCUT2D eigenvalue weighted by Crippen LogP contribution is -2.18. The van der Waals surface area contributed by atoms with Gasteiger partial charge in [-0.1, -0.05) is 414 Å². The smallest absolute Gasteiger partial charge is 0.306 e. The molecule has 135 heavy (non-hydrogen) atoms. The molecular weight excluding hydrogens is 1690 g/mol. The van der Waals surface area contributed by atoms with Crippen molar-refractivity contribution in [2.75, 3.05) is 59.6 Å². The summed E-state index contributed by atoms with van der Waals surface area (Å²) in [5, 5.41) is 20.5. The van der Waals surface area contributed by atoms with Gasteiger partial charge in [0.15, 0.2) is 0 Å². The van der Waals surface area contributed by atoms with Gasteiger partial charge in [0, 0.05) is 38.5 Å². The Labute approximate surface area is 833 Å². The molecule has 6 atom stereocenters. The third-order valence-corrected chi connectivity index (χ3v) is 27.3. The van der Waals surface area contributed by atoms with Gasteiger partial charge in [-0.2, -0.15) is 0 Å². The quantitative estimate of drug-likeness (QED) is 0.0249. The van der Waals surface area contributed by atoms with E-state index in [1.807, 2.05) is 0 Å². The summed E-state index contributed by atoms with van der Waals surface area (Å²) in [4.78, 5) is 76.5. The van der Waals surface area contributed by atoms with Crippen molar-refractivity contribution in [1.82, 2.24) is 0 Å². The molecule has 0 aromatic carbocycles. The number of rotatable bonds is 114. The number of carbonyl (C=O) groups is 6. The first-order chi connectivity index (χ1) is 66.3. The third kappa shape index (κ3) is 103. The van der Waals surface area contributed by atoms with Crippen molar-refractivity contribution < 1.29 is 86.3 Å². The molecule has 800 valence electrons. The van der Waals surface area contributed by atoms with E-state index >= 15 is 0 Å². The Kier molecular flexibility index (Phi) is 107. The largest absolute Gasteiger partial charge is 0.463 e. The van der Waals surface area contributed by atoms with Crippen LogP contribution in [0.4, 0.5) is 0 Å². The zero-order valence-electron chi connectivity index (χ0n) is 89.9. The zero-order chi connectivity index (χ0) is 98.0. The molecule has 0 heterocycles. The Balaban J connectivity index is 3.98. The SMILES string of the molecule is CCCCCCC(O)CCCCCCCCCCC(=O)OC(CCCCCC)CCCCCCCCCCC(=O)OC(CCCCCC)CCCCCCCCCCC(=O)OCCOCCOCOCCOCCOC(=O)CCCCCCCCCCC(CCCCCC)OC(=O)CCCCCCCCCCC(CCCCCC)OC(=O)CCCCCCCCCCC(O)CCCCCC. The molecule has 2 N–H and O–H groups in total. The number of esters is 6. The lowest BCUT2D eigenvalue weighted by molar-refractivity contribution is -0.151. The molecule has 0 aromatic heterocycles. The summed E-state index contributed by atoms with van der Waals surface area (Å²) in [7, 11) is 0.